The maximum Gasteiger partial charge on any atom is 0.362 e. The van der Waals surface area contributed by atoms with Gasteiger partial charge in [0.15, 0.2) is 5.65 Å². The zero-order valence-corrected chi connectivity index (χ0v) is 9.83. The van der Waals surface area contributed by atoms with Crippen LogP contribution in [-0.4, -0.2) is 31.9 Å². The first kappa shape index (κ1) is 12.2. The maximum absolute atomic E-state index is 13.7. The highest BCUT2D eigenvalue weighted by Crippen LogP contribution is 2.10. The number of aryl methyl sites for hydroxylation is 1. The molecular weight excluding hydrogens is 243 g/mol. The van der Waals surface area contributed by atoms with Crippen LogP contribution in [0.25, 0.3) is 11.0 Å². The molecule has 1 unspecified atom stereocenters. The topological polar surface area (TPSA) is 79.0 Å². The number of fused-ring (bicyclic) bond motifs is 1. The van der Waals surface area contributed by atoms with E-state index in [0.29, 0.717) is 10.2 Å². The van der Waals surface area contributed by atoms with Crippen LogP contribution in [0.3, 0.4) is 0 Å². The Balaban J connectivity index is 2.49. The van der Waals surface area contributed by atoms with Crippen LogP contribution in [0.4, 0.5) is 4.39 Å². The van der Waals surface area contributed by atoms with E-state index in [0.717, 1.165) is 6.33 Å². The number of hydrogen-bond acceptors (Lipinski definition) is 5. The lowest BCUT2D eigenvalue weighted by atomic mass is 10.4. The van der Waals surface area contributed by atoms with Crippen LogP contribution in [-0.2, 0) is 16.6 Å². The lowest BCUT2D eigenvalue weighted by molar-refractivity contribution is -0.153. The van der Waals surface area contributed by atoms with Crippen LogP contribution < -0.4 is 5.56 Å². The number of halogens is 1. The zero-order chi connectivity index (χ0) is 13.3. The molecule has 0 aliphatic heterocycles. The number of alkyl halides is 1. The van der Waals surface area contributed by atoms with E-state index in [4.69, 9.17) is 0 Å². The Kier molecular flexibility index (Phi) is 3.09. The van der Waals surface area contributed by atoms with Gasteiger partial charge in [0.1, 0.15) is 11.7 Å². The highest BCUT2D eigenvalue weighted by atomic mass is 19.1. The van der Waals surface area contributed by atoms with Gasteiger partial charge < -0.3 is 4.74 Å². The van der Waals surface area contributed by atoms with Gasteiger partial charge in [0, 0.05) is 7.05 Å². The summed E-state index contributed by atoms with van der Waals surface area (Å²) in [6, 6.07) is 0. The van der Waals surface area contributed by atoms with Crippen LogP contribution >= 0.6 is 0 Å². The first-order valence-electron chi connectivity index (χ1n) is 5.25. The number of nitrogens with zero attached hydrogens (tertiary/aromatic N) is 4. The van der Waals surface area contributed by atoms with Crippen molar-refractivity contribution >= 4 is 17.0 Å². The largest absolute Gasteiger partial charge is 0.462 e. The quantitative estimate of drug-likeness (QED) is 0.729. The second kappa shape index (κ2) is 4.55. The normalized spacial score (nSPS) is 12.6. The van der Waals surface area contributed by atoms with Crippen LogP contribution in [0.2, 0.25) is 0 Å². The maximum atomic E-state index is 13.7. The predicted molar refractivity (Wildman–Crippen MR) is 59.5 cm³/mol. The number of aromatic nitrogens is 4. The molecule has 0 bridgehead atoms. The fourth-order valence-corrected chi connectivity index (χ4v) is 1.53. The minimum Gasteiger partial charge on any atom is -0.462 e. The Morgan fingerprint density at radius 3 is 3.00 bits per heavy atom. The molecule has 2 rings (SSSR count). The number of rotatable bonds is 3. The summed E-state index contributed by atoms with van der Waals surface area (Å²) < 4.78 is 20.2. The summed E-state index contributed by atoms with van der Waals surface area (Å²) in [5.74, 6) is -1.12. The van der Waals surface area contributed by atoms with Gasteiger partial charge in [-0.2, -0.15) is 5.10 Å². The molecule has 7 nitrogen and oxygen atoms in total. The fraction of sp³-hybridized carbons (Fsp3) is 0.400. The third-order valence-corrected chi connectivity index (χ3v) is 2.40. The summed E-state index contributed by atoms with van der Waals surface area (Å²) in [5.41, 5.74) is -0.346. The van der Waals surface area contributed by atoms with Gasteiger partial charge in [-0.15, -0.1) is 0 Å². The van der Waals surface area contributed by atoms with E-state index >= 15 is 0 Å². The summed E-state index contributed by atoms with van der Waals surface area (Å²) >= 11 is 0. The van der Waals surface area contributed by atoms with Crippen LogP contribution in [0, 0.1) is 0 Å². The number of carbonyl (C=O) groups is 1. The van der Waals surface area contributed by atoms with Crippen molar-refractivity contribution in [2.45, 2.75) is 13.2 Å². The van der Waals surface area contributed by atoms with Crippen LogP contribution in [0.1, 0.15) is 13.2 Å². The second-order valence-electron chi connectivity index (χ2n) is 3.55. The highest BCUT2D eigenvalue weighted by Gasteiger charge is 2.23. The van der Waals surface area contributed by atoms with Gasteiger partial charge in [0.05, 0.1) is 12.8 Å². The lowest BCUT2D eigenvalue weighted by Gasteiger charge is -2.09. The van der Waals surface area contributed by atoms with Crippen molar-refractivity contribution in [3.05, 3.63) is 22.9 Å². The van der Waals surface area contributed by atoms with Gasteiger partial charge in [0.25, 0.3) is 11.9 Å². The molecule has 0 N–H and O–H groups in total. The molecule has 0 saturated heterocycles. The number of esters is 1. The Labute approximate surface area is 101 Å². The smallest absolute Gasteiger partial charge is 0.362 e. The van der Waals surface area contributed by atoms with E-state index in [1.54, 1.807) is 14.0 Å². The Bertz CT molecular complexity index is 648. The Morgan fingerprint density at radius 2 is 2.33 bits per heavy atom. The van der Waals surface area contributed by atoms with Gasteiger partial charge in [-0.1, -0.05) is 0 Å². The summed E-state index contributed by atoms with van der Waals surface area (Å²) in [6.45, 7) is 1.59. The SMILES string of the molecule is CCOC(=O)C(F)n1cnc2c(cnn2C)c1=O. The molecule has 2 heterocycles. The molecule has 0 saturated carbocycles. The first-order valence-corrected chi connectivity index (χ1v) is 5.25. The van der Waals surface area contributed by atoms with Crippen LogP contribution in [0.15, 0.2) is 17.3 Å². The summed E-state index contributed by atoms with van der Waals surface area (Å²) in [5, 5.41) is 3.99. The van der Waals surface area contributed by atoms with Gasteiger partial charge in [-0.05, 0) is 6.92 Å². The fourth-order valence-electron chi connectivity index (χ4n) is 1.53. The number of carbonyl (C=O) groups excluding carboxylic acids is 1. The molecule has 0 aromatic carbocycles. The summed E-state index contributed by atoms with van der Waals surface area (Å²) in [6.07, 6.45) is 0.0435. The van der Waals surface area contributed by atoms with E-state index < -0.39 is 17.8 Å². The molecule has 0 fully saturated rings. The molecule has 2 aromatic heterocycles. The lowest BCUT2D eigenvalue weighted by Crippen LogP contribution is -2.28. The van der Waals surface area contributed by atoms with E-state index in [1.807, 2.05) is 0 Å². The predicted octanol–water partition coefficient (Wildman–Crippen LogP) is 0.161. The van der Waals surface area contributed by atoms with Crippen molar-refractivity contribution in [2.75, 3.05) is 6.61 Å². The van der Waals surface area contributed by atoms with E-state index in [1.165, 1.54) is 10.9 Å². The molecule has 0 radical (unpaired) electrons. The van der Waals surface area contributed by atoms with Gasteiger partial charge in [0.2, 0.25) is 0 Å². The van der Waals surface area contributed by atoms with Crippen molar-refractivity contribution in [1.82, 2.24) is 19.3 Å². The standard InChI is InChI=1S/C10H11FN4O3/c1-3-18-10(17)7(11)15-5-12-8-6(9(15)16)4-13-14(8)2/h4-5,7H,3H2,1-2H3. The summed E-state index contributed by atoms with van der Waals surface area (Å²) in [4.78, 5) is 27.0. The molecule has 0 aliphatic carbocycles. The monoisotopic (exact) mass is 254 g/mol. The first-order chi connectivity index (χ1) is 8.56. The van der Waals surface area contributed by atoms with Gasteiger partial charge in [-0.3, -0.25) is 14.0 Å². The second-order valence-corrected chi connectivity index (χ2v) is 3.55. The number of hydrogen-bond donors (Lipinski definition) is 0. The van der Waals surface area contributed by atoms with Gasteiger partial charge >= 0.3 is 5.97 Å². The Hall–Kier alpha value is -2.25. The molecule has 2 aromatic rings. The van der Waals surface area contributed by atoms with Crippen molar-refractivity contribution in [2.24, 2.45) is 7.05 Å². The molecule has 0 spiro atoms. The minimum absolute atomic E-state index is 0.0383. The van der Waals surface area contributed by atoms with Crippen molar-refractivity contribution in [3.63, 3.8) is 0 Å². The zero-order valence-electron chi connectivity index (χ0n) is 9.83. The van der Waals surface area contributed by atoms with Crippen molar-refractivity contribution in [1.29, 1.82) is 0 Å². The summed E-state index contributed by atoms with van der Waals surface area (Å²) in [7, 11) is 1.61. The minimum atomic E-state index is -2.20. The molecule has 18 heavy (non-hydrogen) atoms. The van der Waals surface area contributed by atoms with Crippen molar-refractivity contribution < 1.29 is 13.9 Å². The van der Waals surface area contributed by atoms with E-state index in [2.05, 4.69) is 14.8 Å². The highest BCUT2D eigenvalue weighted by molar-refractivity contribution is 5.75. The number of ether oxygens (including phenoxy) is 1. The molecule has 0 amide bonds. The van der Waals surface area contributed by atoms with E-state index in [-0.39, 0.29) is 12.0 Å². The molecule has 0 aliphatic rings. The van der Waals surface area contributed by atoms with Gasteiger partial charge in [-0.25, -0.2) is 14.2 Å². The average Bonchev–Trinajstić information content (AvgIpc) is 2.72. The molecule has 1 atom stereocenters. The Morgan fingerprint density at radius 1 is 1.61 bits per heavy atom. The molecule has 96 valence electrons. The average molecular weight is 254 g/mol. The molecule has 8 heteroatoms. The van der Waals surface area contributed by atoms with Crippen molar-refractivity contribution in [3.8, 4) is 0 Å². The molecular formula is C10H11FN4O3. The third kappa shape index (κ3) is 1.85. The van der Waals surface area contributed by atoms with Crippen LogP contribution in [0.5, 0.6) is 0 Å². The third-order valence-electron chi connectivity index (χ3n) is 2.40. The van der Waals surface area contributed by atoms with E-state index in [9.17, 15) is 14.0 Å².